The van der Waals surface area contributed by atoms with Crippen molar-refractivity contribution < 1.29 is 23.8 Å². The Morgan fingerprint density at radius 3 is 2.15 bits per heavy atom. The summed E-state index contributed by atoms with van der Waals surface area (Å²) < 4.78 is 17.1. The van der Waals surface area contributed by atoms with Crippen LogP contribution < -0.4 is 0 Å². The molecule has 34 heavy (non-hydrogen) atoms. The first-order valence-electron chi connectivity index (χ1n) is 10.8. The first-order valence-corrected chi connectivity index (χ1v) is 10.8. The third-order valence-electron chi connectivity index (χ3n) is 5.50. The van der Waals surface area contributed by atoms with Crippen LogP contribution in [0.15, 0.2) is 90.7 Å². The molecule has 3 aromatic rings. The van der Waals surface area contributed by atoms with E-state index in [0.717, 1.165) is 11.1 Å². The van der Waals surface area contributed by atoms with Gasteiger partial charge < -0.3 is 14.2 Å². The molecule has 1 heterocycles. The molecule has 0 spiro atoms. The van der Waals surface area contributed by atoms with Gasteiger partial charge in [0.05, 0.1) is 7.11 Å². The molecule has 1 aliphatic heterocycles. The summed E-state index contributed by atoms with van der Waals surface area (Å²) in [5.74, 6) is -0.668. The number of carbonyl (C=O) groups is 2. The second-order valence-electron chi connectivity index (χ2n) is 7.90. The van der Waals surface area contributed by atoms with Gasteiger partial charge in [-0.2, -0.15) is 5.01 Å². The molecule has 7 heteroatoms. The summed E-state index contributed by atoms with van der Waals surface area (Å²) >= 11 is 0. The quantitative estimate of drug-likeness (QED) is 0.399. The van der Waals surface area contributed by atoms with Gasteiger partial charge in [0.2, 0.25) is 5.76 Å². The largest absolute Gasteiger partial charge is 0.463 e. The van der Waals surface area contributed by atoms with E-state index >= 15 is 0 Å². The molecule has 0 fully saturated rings. The molecule has 0 aromatic heterocycles. The van der Waals surface area contributed by atoms with Gasteiger partial charge in [0.25, 0.3) is 5.72 Å². The summed E-state index contributed by atoms with van der Waals surface area (Å²) in [4.78, 5) is 26.2. The fourth-order valence-corrected chi connectivity index (χ4v) is 4.03. The zero-order valence-electron chi connectivity index (χ0n) is 19.3. The van der Waals surface area contributed by atoms with Gasteiger partial charge in [-0.05, 0) is 17.2 Å². The number of methoxy groups -OCH3 is 1. The van der Waals surface area contributed by atoms with Crippen molar-refractivity contribution in [1.82, 2.24) is 10.0 Å². The monoisotopic (exact) mass is 458 g/mol. The summed E-state index contributed by atoms with van der Waals surface area (Å²) in [6.07, 6.45) is 0.976. The minimum atomic E-state index is -1.52. The summed E-state index contributed by atoms with van der Waals surface area (Å²) in [6, 6.07) is 26.1. The summed E-state index contributed by atoms with van der Waals surface area (Å²) in [7, 11) is 4.72. The van der Waals surface area contributed by atoms with Crippen LogP contribution >= 0.6 is 0 Å². The topological polar surface area (TPSA) is 68.3 Å². The Labute approximate surface area is 198 Å². The van der Waals surface area contributed by atoms with Crippen molar-refractivity contribution in [2.24, 2.45) is 0 Å². The van der Waals surface area contributed by atoms with Gasteiger partial charge >= 0.3 is 12.1 Å². The van der Waals surface area contributed by atoms with Crippen molar-refractivity contribution in [3.05, 3.63) is 113 Å². The Bertz CT molecular complexity index is 1190. The highest BCUT2D eigenvalue weighted by atomic mass is 16.6. The van der Waals surface area contributed by atoms with E-state index in [-0.39, 0.29) is 12.4 Å². The highest BCUT2D eigenvalue weighted by Gasteiger charge is 2.52. The van der Waals surface area contributed by atoms with Gasteiger partial charge in [-0.25, -0.2) is 14.6 Å². The Morgan fingerprint density at radius 2 is 1.50 bits per heavy atom. The Morgan fingerprint density at radius 1 is 0.882 bits per heavy atom. The van der Waals surface area contributed by atoms with Gasteiger partial charge in [-0.3, -0.25) is 0 Å². The summed E-state index contributed by atoms with van der Waals surface area (Å²) in [5.41, 5.74) is 1.37. The molecule has 0 radical (unpaired) electrons. The van der Waals surface area contributed by atoms with Crippen molar-refractivity contribution >= 4 is 18.1 Å². The molecule has 1 aliphatic rings. The molecule has 4 rings (SSSR count). The zero-order chi connectivity index (χ0) is 24.1. The average Bonchev–Trinajstić information content (AvgIpc) is 2.87. The standard InChI is InChI=1S/C27H26N2O5/c1-28(2)29(26(31)33-19-20-12-6-4-7-13-20)27(22-15-8-5-9-16-22)23-17-11-10-14-21(23)18-24(34-27)25(30)32-3/h4-18H,19H2,1-3H3. The minimum Gasteiger partial charge on any atom is -0.463 e. The summed E-state index contributed by atoms with van der Waals surface area (Å²) in [6.45, 7) is 0.0796. The van der Waals surface area contributed by atoms with Gasteiger partial charge in [-0.1, -0.05) is 84.9 Å². The van der Waals surface area contributed by atoms with Crippen LogP contribution in [0.25, 0.3) is 6.08 Å². The Hall–Kier alpha value is -4.10. The maximum Gasteiger partial charge on any atom is 0.428 e. The molecular formula is C27H26N2O5. The molecule has 0 bridgehead atoms. The minimum absolute atomic E-state index is 0.0206. The molecule has 0 saturated carbocycles. The van der Waals surface area contributed by atoms with Gasteiger partial charge in [-0.15, -0.1) is 0 Å². The second-order valence-corrected chi connectivity index (χ2v) is 7.90. The number of benzene rings is 3. The fraction of sp³-hybridized carbons (Fsp3) is 0.185. The molecule has 0 aliphatic carbocycles. The first-order chi connectivity index (χ1) is 16.5. The van der Waals surface area contributed by atoms with Gasteiger partial charge in [0.1, 0.15) is 6.61 Å². The normalized spacial score (nSPS) is 16.6. The van der Waals surface area contributed by atoms with E-state index < -0.39 is 17.8 Å². The SMILES string of the molecule is COC(=O)C1=Cc2ccccc2C(c2ccccc2)(N(C(=O)OCc2ccccc2)N(C)C)O1. The Kier molecular flexibility index (Phi) is 6.65. The van der Waals surface area contributed by atoms with Crippen LogP contribution in [0.5, 0.6) is 0 Å². The average molecular weight is 459 g/mol. The number of carbonyl (C=O) groups excluding carboxylic acids is 2. The van der Waals surface area contributed by atoms with Crippen LogP contribution in [0.2, 0.25) is 0 Å². The van der Waals surface area contributed by atoms with E-state index in [1.54, 1.807) is 25.2 Å². The number of hydrazine groups is 1. The number of fused-ring (bicyclic) bond motifs is 1. The zero-order valence-corrected chi connectivity index (χ0v) is 19.3. The molecule has 3 aromatic carbocycles. The van der Waals surface area contributed by atoms with E-state index in [9.17, 15) is 9.59 Å². The number of rotatable bonds is 6. The predicted octanol–water partition coefficient (Wildman–Crippen LogP) is 4.55. The van der Waals surface area contributed by atoms with E-state index in [0.29, 0.717) is 11.1 Å². The molecule has 1 amide bonds. The lowest BCUT2D eigenvalue weighted by Crippen LogP contribution is -2.59. The highest BCUT2D eigenvalue weighted by molar-refractivity contribution is 5.93. The lowest BCUT2D eigenvalue weighted by atomic mass is 9.87. The van der Waals surface area contributed by atoms with Gasteiger partial charge in [0, 0.05) is 25.2 Å². The van der Waals surface area contributed by atoms with Crippen LogP contribution in [-0.4, -0.2) is 43.3 Å². The van der Waals surface area contributed by atoms with E-state index in [2.05, 4.69) is 0 Å². The third kappa shape index (κ3) is 4.25. The number of amides is 1. The fourth-order valence-electron chi connectivity index (χ4n) is 4.03. The lowest BCUT2D eigenvalue weighted by Gasteiger charge is -2.47. The van der Waals surface area contributed by atoms with Crippen molar-refractivity contribution in [3.8, 4) is 0 Å². The predicted molar refractivity (Wildman–Crippen MR) is 127 cm³/mol. The van der Waals surface area contributed by atoms with Crippen molar-refractivity contribution in [2.45, 2.75) is 12.3 Å². The first kappa shape index (κ1) is 23.1. The van der Waals surface area contributed by atoms with Crippen LogP contribution in [0.4, 0.5) is 4.79 Å². The molecule has 1 atom stereocenters. The Balaban J connectivity index is 1.87. The van der Waals surface area contributed by atoms with Crippen molar-refractivity contribution in [2.75, 3.05) is 21.2 Å². The molecule has 174 valence electrons. The van der Waals surface area contributed by atoms with Crippen LogP contribution in [0, 0.1) is 0 Å². The van der Waals surface area contributed by atoms with E-state index in [1.165, 1.54) is 12.1 Å². The maximum atomic E-state index is 13.6. The number of hydrogen-bond acceptors (Lipinski definition) is 6. The maximum absolute atomic E-state index is 13.6. The molecule has 1 unspecified atom stereocenters. The van der Waals surface area contributed by atoms with Crippen molar-refractivity contribution in [3.63, 3.8) is 0 Å². The molecule has 0 N–H and O–H groups in total. The van der Waals surface area contributed by atoms with Crippen molar-refractivity contribution in [1.29, 1.82) is 0 Å². The van der Waals surface area contributed by atoms with E-state index in [1.807, 2.05) is 84.9 Å². The van der Waals surface area contributed by atoms with Gasteiger partial charge in [0.15, 0.2) is 0 Å². The number of ether oxygens (including phenoxy) is 3. The highest BCUT2D eigenvalue weighted by Crippen LogP contribution is 2.45. The third-order valence-corrected chi connectivity index (χ3v) is 5.50. The van der Waals surface area contributed by atoms with Crippen LogP contribution in [0.3, 0.4) is 0 Å². The summed E-state index contributed by atoms with van der Waals surface area (Å²) in [5, 5.41) is 2.97. The van der Waals surface area contributed by atoms with Crippen LogP contribution in [0.1, 0.15) is 22.3 Å². The smallest absolute Gasteiger partial charge is 0.428 e. The van der Waals surface area contributed by atoms with Crippen LogP contribution in [-0.2, 0) is 31.3 Å². The second kappa shape index (κ2) is 9.80. The number of esters is 1. The molecular weight excluding hydrogens is 432 g/mol. The number of nitrogens with zero attached hydrogens (tertiary/aromatic N) is 2. The molecule has 7 nitrogen and oxygen atoms in total. The molecule has 0 saturated heterocycles. The number of hydrogen-bond donors (Lipinski definition) is 0. The lowest BCUT2D eigenvalue weighted by molar-refractivity contribution is -0.181. The van der Waals surface area contributed by atoms with E-state index in [4.69, 9.17) is 14.2 Å².